The Morgan fingerprint density at radius 2 is 1.79 bits per heavy atom. The van der Waals surface area contributed by atoms with E-state index in [4.69, 9.17) is 23.2 Å². The molecule has 154 valence electrons. The van der Waals surface area contributed by atoms with Crippen LogP contribution >= 0.6 is 23.2 Å². The minimum absolute atomic E-state index is 0.397. The summed E-state index contributed by atoms with van der Waals surface area (Å²) in [6, 6.07) is 19.1. The van der Waals surface area contributed by atoms with Gasteiger partial charge in [-0.3, -0.25) is 4.90 Å². The summed E-state index contributed by atoms with van der Waals surface area (Å²) in [6.45, 7) is 5.15. The first-order valence-electron chi connectivity index (χ1n) is 10.7. The van der Waals surface area contributed by atoms with Gasteiger partial charge in [0.1, 0.15) is 0 Å². The fourth-order valence-electron chi connectivity index (χ4n) is 4.76. The number of benzene rings is 2. The molecule has 3 rings (SSSR count). The molecule has 1 aliphatic rings. The molecule has 1 unspecified atom stereocenters. The molecule has 0 N–H and O–H groups in total. The van der Waals surface area contributed by atoms with Crippen molar-refractivity contribution in [3.8, 4) is 6.07 Å². The molecule has 1 saturated carbocycles. The van der Waals surface area contributed by atoms with Crippen LogP contribution in [0, 0.1) is 17.2 Å². The van der Waals surface area contributed by atoms with Crippen LogP contribution in [0.5, 0.6) is 0 Å². The molecule has 0 aliphatic heterocycles. The highest BCUT2D eigenvalue weighted by molar-refractivity contribution is 6.42. The normalized spacial score (nSPS) is 16.7. The van der Waals surface area contributed by atoms with Crippen molar-refractivity contribution in [1.29, 1.82) is 5.26 Å². The first-order valence-corrected chi connectivity index (χ1v) is 11.5. The van der Waals surface area contributed by atoms with Gasteiger partial charge in [0, 0.05) is 6.54 Å². The Kier molecular flexibility index (Phi) is 8.01. The van der Waals surface area contributed by atoms with Gasteiger partial charge in [-0.05, 0) is 68.0 Å². The Balaban J connectivity index is 1.74. The standard InChI is InChI=1S/C25H30Cl2N2/c1-2-29(18-20-9-4-3-5-10-20)16-8-15-25(19-28,21-11-6-7-12-21)22-13-14-23(26)24(27)17-22/h3-5,9-10,13-14,17,21H,2,6-8,11-12,15-16,18H2,1H3. The van der Waals surface area contributed by atoms with Crippen molar-refractivity contribution < 1.29 is 0 Å². The maximum Gasteiger partial charge on any atom is 0.0851 e. The molecule has 29 heavy (non-hydrogen) atoms. The second kappa shape index (κ2) is 10.5. The topological polar surface area (TPSA) is 27.0 Å². The van der Waals surface area contributed by atoms with Crippen molar-refractivity contribution in [2.24, 2.45) is 5.92 Å². The first kappa shape index (κ1) is 22.2. The molecular weight excluding hydrogens is 399 g/mol. The van der Waals surface area contributed by atoms with Crippen molar-refractivity contribution in [3.05, 3.63) is 69.7 Å². The monoisotopic (exact) mass is 428 g/mol. The van der Waals surface area contributed by atoms with E-state index < -0.39 is 5.41 Å². The van der Waals surface area contributed by atoms with Gasteiger partial charge in [-0.15, -0.1) is 0 Å². The highest BCUT2D eigenvalue weighted by Gasteiger charge is 2.42. The van der Waals surface area contributed by atoms with E-state index in [9.17, 15) is 5.26 Å². The number of hydrogen-bond donors (Lipinski definition) is 0. The first-order chi connectivity index (χ1) is 14.1. The minimum atomic E-state index is -0.475. The van der Waals surface area contributed by atoms with E-state index in [2.05, 4.69) is 48.2 Å². The fraction of sp³-hybridized carbons (Fsp3) is 0.480. The Labute approximate surface area is 185 Å². The summed E-state index contributed by atoms with van der Waals surface area (Å²) in [5.41, 5.74) is 1.89. The van der Waals surface area contributed by atoms with Gasteiger partial charge in [0.25, 0.3) is 0 Å². The largest absolute Gasteiger partial charge is 0.299 e. The molecule has 0 aromatic heterocycles. The van der Waals surface area contributed by atoms with Gasteiger partial charge in [0.15, 0.2) is 0 Å². The second-order valence-electron chi connectivity index (χ2n) is 8.15. The third kappa shape index (κ3) is 5.34. The molecule has 1 aliphatic carbocycles. The average Bonchev–Trinajstić information content (AvgIpc) is 3.29. The lowest BCUT2D eigenvalue weighted by Gasteiger charge is -2.34. The van der Waals surface area contributed by atoms with Crippen LogP contribution in [0.1, 0.15) is 56.6 Å². The number of halogens is 2. The van der Waals surface area contributed by atoms with Crippen LogP contribution in [0.15, 0.2) is 48.5 Å². The van der Waals surface area contributed by atoms with E-state index in [1.165, 1.54) is 18.4 Å². The zero-order chi connectivity index (χ0) is 20.7. The van der Waals surface area contributed by atoms with Crippen LogP contribution in [-0.4, -0.2) is 18.0 Å². The van der Waals surface area contributed by atoms with Gasteiger partial charge in [0.05, 0.1) is 21.5 Å². The number of nitrogens with zero attached hydrogens (tertiary/aromatic N) is 2. The lowest BCUT2D eigenvalue weighted by atomic mass is 9.67. The third-order valence-electron chi connectivity index (χ3n) is 6.43. The molecule has 0 radical (unpaired) electrons. The molecule has 1 atom stereocenters. The number of nitriles is 1. The maximum atomic E-state index is 10.4. The predicted molar refractivity (Wildman–Crippen MR) is 122 cm³/mol. The van der Waals surface area contributed by atoms with Gasteiger partial charge in [-0.2, -0.15) is 5.26 Å². The van der Waals surface area contributed by atoms with Gasteiger partial charge >= 0.3 is 0 Å². The Morgan fingerprint density at radius 1 is 1.07 bits per heavy atom. The smallest absolute Gasteiger partial charge is 0.0851 e. The van der Waals surface area contributed by atoms with Crippen LogP contribution < -0.4 is 0 Å². The van der Waals surface area contributed by atoms with Gasteiger partial charge in [-0.1, -0.05) is 79.4 Å². The second-order valence-corrected chi connectivity index (χ2v) is 8.97. The van der Waals surface area contributed by atoms with Crippen LogP contribution in [0.25, 0.3) is 0 Å². The van der Waals surface area contributed by atoms with E-state index in [-0.39, 0.29) is 0 Å². The molecule has 2 aromatic carbocycles. The van der Waals surface area contributed by atoms with Crippen LogP contribution in [0.2, 0.25) is 10.0 Å². The van der Waals surface area contributed by atoms with E-state index in [1.54, 1.807) is 0 Å². The van der Waals surface area contributed by atoms with Gasteiger partial charge < -0.3 is 0 Å². The molecule has 2 nitrogen and oxygen atoms in total. The predicted octanol–water partition coefficient (Wildman–Crippen LogP) is 7.25. The van der Waals surface area contributed by atoms with Crippen molar-refractivity contribution in [3.63, 3.8) is 0 Å². The zero-order valence-corrected chi connectivity index (χ0v) is 18.7. The molecule has 0 bridgehead atoms. The van der Waals surface area contributed by atoms with Crippen molar-refractivity contribution in [1.82, 2.24) is 4.90 Å². The van der Waals surface area contributed by atoms with Crippen LogP contribution in [-0.2, 0) is 12.0 Å². The summed E-state index contributed by atoms with van der Waals surface area (Å²) in [6.07, 6.45) is 6.52. The summed E-state index contributed by atoms with van der Waals surface area (Å²) >= 11 is 12.5. The zero-order valence-electron chi connectivity index (χ0n) is 17.2. The van der Waals surface area contributed by atoms with E-state index in [1.807, 2.05) is 18.2 Å². The summed E-state index contributed by atoms with van der Waals surface area (Å²) < 4.78 is 0. The van der Waals surface area contributed by atoms with E-state index in [0.29, 0.717) is 16.0 Å². The molecular formula is C25H30Cl2N2. The minimum Gasteiger partial charge on any atom is -0.299 e. The van der Waals surface area contributed by atoms with Gasteiger partial charge in [0.2, 0.25) is 0 Å². The number of hydrogen-bond acceptors (Lipinski definition) is 2. The van der Waals surface area contributed by atoms with E-state index >= 15 is 0 Å². The number of rotatable bonds is 9. The van der Waals surface area contributed by atoms with Crippen LogP contribution in [0.4, 0.5) is 0 Å². The molecule has 4 heteroatoms. The molecule has 2 aromatic rings. The molecule has 0 heterocycles. The van der Waals surface area contributed by atoms with Crippen LogP contribution in [0.3, 0.4) is 0 Å². The highest BCUT2D eigenvalue weighted by atomic mass is 35.5. The molecule has 1 fully saturated rings. The Hall–Kier alpha value is -1.53. The quantitative estimate of drug-likeness (QED) is 0.420. The molecule has 0 spiro atoms. The fourth-order valence-corrected chi connectivity index (χ4v) is 5.06. The van der Waals surface area contributed by atoms with Crippen molar-refractivity contribution >= 4 is 23.2 Å². The summed E-state index contributed by atoms with van der Waals surface area (Å²) in [4.78, 5) is 2.46. The maximum absolute atomic E-state index is 10.4. The average molecular weight is 429 g/mol. The van der Waals surface area contributed by atoms with Crippen molar-refractivity contribution in [2.75, 3.05) is 13.1 Å². The lowest BCUT2D eigenvalue weighted by Crippen LogP contribution is -2.34. The Morgan fingerprint density at radius 3 is 2.41 bits per heavy atom. The molecule has 0 amide bonds. The Bertz CT molecular complexity index is 824. The van der Waals surface area contributed by atoms with E-state index in [0.717, 1.165) is 50.9 Å². The van der Waals surface area contributed by atoms with Crippen molar-refractivity contribution in [2.45, 2.75) is 57.4 Å². The molecule has 0 saturated heterocycles. The summed E-state index contributed by atoms with van der Waals surface area (Å²) in [5, 5.41) is 11.5. The highest BCUT2D eigenvalue weighted by Crippen LogP contribution is 2.46. The lowest BCUT2D eigenvalue weighted by molar-refractivity contribution is 0.247. The van der Waals surface area contributed by atoms with Gasteiger partial charge in [-0.25, -0.2) is 0 Å². The summed E-state index contributed by atoms with van der Waals surface area (Å²) in [7, 11) is 0. The summed E-state index contributed by atoms with van der Waals surface area (Å²) in [5.74, 6) is 0.397. The third-order valence-corrected chi connectivity index (χ3v) is 7.17. The SMILES string of the molecule is CCN(CCCC(C#N)(c1ccc(Cl)c(Cl)c1)C1CCCC1)Cc1ccccc1.